The van der Waals surface area contributed by atoms with Gasteiger partial charge >= 0.3 is 5.97 Å². The summed E-state index contributed by atoms with van der Waals surface area (Å²) in [7, 11) is 2.62. The van der Waals surface area contributed by atoms with Crippen molar-refractivity contribution in [2.45, 2.75) is 19.3 Å². The first-order valence-electron chi connectivity index (χ1n) is 5.11. The summed E-state index contributed by atoms with van der Waals surface area (Å²) in [6.45, 7) is 0. The van der Waals surface area contributed by atoms with Crippen LogP contribution < -0.4 is 4.74 Å². The maximum Gasteiger partial charge on any atom is 0.305 e. The van der Waals surface area contributed by atoms with Gasteiger partial charge in [-0.1, -0.05) is 12.1 Å². The molecule has 1 rings (SSSR count). The standard InChI is InChI=1S/C12H14F2O3/c1-16-10(15)7-6-8-4-3-5-9(12(13)14)11(8)17-2/h3-5,12H,6-7H2,1-2H3. The molecule has 94 valence electrons. The van der Waals surface area contributed by atoms with E-state index in [-0.39, 0.29) is 23.7 Å². The molecular weight excluding hydrogens is 230 g/mol. The Labute approximate surface area is 98.3 Å². The number of ether oxygens (including phenoxy) is 2. The molecule has 0 N–H and O–H groups in total. The molecule has 0 atom stereocenters. The van der Waals surface area contributed by atoms with Gasteiger partial charge in [-0.25, -0.2) is 8.78 Å². The third-order valence-corrected chi connectivity index (χ3v) is 2.39. The minimum absolute atomic E-state index is 0.138. The fourth-order valence-electron chi connectivity index (χ4n) is 1.56. The summed E-state index contributed by atoms with van der Waals surface area (Å²) in [5.41, 5.74) is 0.422. The van der Waals surface area contributed by atoms with Crippen LogP contribution in [0.15, 0.2) is 18.2 Å². The number of esters is 1. The maximum absolute atomic E-state index is 12.7. The van der Waals surface area contributed by atoms with Crippen molar-refractivity contribution in [3.8, 4) is 5.75 Å². The number of carbonyl (C=O) groups is 1. The second-order valence-corrected chi connectivity index (χ2v) is 3.42. The summed E-state index contributed by atoms with van der Waals surface area (Å²) < 4.78 is 34.8. The first-order chi connectivity index (χ1) is 8.10. The Balaban J connectivity index is 2.91. The Kier molecular flexibility index (Phi) is 4.87. The van der Waals surface area contributed by atoms with Gasteiger partial charge in [0.05, 0.1) is 19.8 Å². The van der Waals surface area contributed by atoms with Crippen LogP contribution in [0.5, 0.6) is 5.75 Å². The highest BCUT2D eigenvalue weighted by atomic mass is 19.3. The minimum atomic E-state index is -2.59. The highest BCUT2D eigenvalue weighted by molar-refractivity contribution is 5.69. The van der Waals surface area contributed by atoms with Gasteiger partial charge in [0.25, 0.3) is 6.43 Å². The van der Waals surface area contributed by atoms with Crippen LogP contribution in [0, 0.1) is 0 Å². The van der Waals surface area contributed by atoms with Gasteiger partial charge in [0.2, 0.25) is 0 Å². The van der Waals surface area contributed by atoms with Crippen LogP contribution in [0.2, 0.25) is 0 Å². The zero-order valence-electron chi connectivity index (χ0n) is 9.70. The fourth-order valence-corrected chi connectivity index (χ4v) is 1.56. The summed E-state index contributed by atoms with van der Waals surface area (Å²) in [6, 6.07) is 4.50. The van der Waals surface area contributed by atoms with Gasteiger partial charge in [0.1, 0.15) is 5.75 Å². The van der Waals surface area contributed by atoms with Crippen molar-refractivity contribution in [3.05, 3.63) is 29.3 Å². The molecule has 0 fully saturated rings. The van der Waals surface area contributed by atoms with Crippen molar-refractivity contribution in [1.82, 2.24) is 0 Å². The number of hydrogen-bond acceptors (Lipinski definition) is 3. The van der Waals surface area contributed by atoms with Gasteiger partial charge in [-0.3, -0.25) is 4.79 Å². The van der Waals surface area contributed by atoms with Crippen LogP contribution in [0.4, 0.5) is 8.78 Å². The van der Waals surface area contributed by atoms with Crippen molar-refractivity contribution in [1.29, 1.82) is 0 Å². The molecule has 0 aliphatic heterocycles. The summed E-state index contributed by atoms with van der Waals surface area (Å²) in [4.78, 5) is 11.0. The average molecular weight is 244 g/mol. The molecule has 1 aromatic carbocycles. The number of benzene rings is 1. The van der Waals surface area contributed by atoms with Gasteiger partial charge < -0.3 is 9.47 Å². The number of hydrogen-bond donors (Lipinski definition) is 0. The number of aryl methyl sites for hydroxylation is 1. The lowest BCUT2D eigenvalue weighted by Crippen LogP contribution is -2.04. The predicted octanol–water partition coefficient (Wildman–Crippen LogP) is 2.74. The van der Waals surface area contributed by atoms with E-state index in [4.69, 9.17) is 4.74 Å². The van der Waals surface area contributed by atoms with Crippen molar-refractivity contribution >= 4 is 5.97 Å². The lowest BCUT2D eigenvalue weighted by molar-refractivity contribution is -0.140. The molecule has 0 bridgehead atoms. The Hall–Kier alpha value is -1.65. The van der Waals surface area contributed by atoms with Crippen LogP contribution in [-0.4, -0.2) is 20.2 Å². The summed E-state index contributed by atoms with van der Waals surface area (Å²) >= 11 is 0. The Morgan fingerprint density at radius 3 is 2.59 bits per heavy atom. The number of alkyl halides is 2. The smallest absolute Gasteiger partial charge is 0.305 e. The van der Waals surface area contributed by atoms with Gasteiger partial charge in [-0.05, 0) is 18.1 Å². The molecule has 0 saturated heterocycles. The van der Waals surface area contributed by atoms with E-state index in [1.165, 1.54) is 26.4 Å². The normalized spacial score (nSPS) is 10.4. The first-order valence-corrected chi connectivity index (χ1v) is 5.11. The van der Waals surface area contributed by atoms with E-state index in [2.05, 4.69) is 4.74 Å². The van der Waals surface area contributed by atoms with Crippen molar-refractivity contribution in [3.63, 3.8) is 0 Å². The monoisotopic (exact) mass is 244 g/mol. The van der Waals surface area contributed by atoms with Crippen molar-refractivity contribution in [2.75, 3.05) is 14.2 Å². The highest BCUT2D eigenvalue weighted by Crippen LogP contribution is 2.32. The molecule has 3 nitrogen and oxygen atoms in total. The molecule has 0 heterocycles. The molecule has 0 aromatic heterocycles. The Morgan fingerprint density at radius 2 is 2.06 bits per heavy atom. The molecule has 0 unspecified atom stereocenters. The van der Waals surface area contributed by atoms with E-state index < -0.39 is 6.43 Å². The number of halogens is 2. The van der Waals surface area contributed by atoms with Crippen molar-refractivity contribution in [2.24, 2.45) is 0 Å². The zero-order valence-corrected chi connectivity index (χ0v) is 9.70. The van der Waals surface area contributed by atoms with E-state index in [1.807, 2.05) is 0 Å². The van der Waals surface area contributed by atoms with Gasteiger partial charge in [-0.2, -0.15) is 0 Å². The molecule has 0 spiro atoms. The SMILES string of the molecule is COC(=O)CCc1cccc(C(F)F)c1OC. The second kappa shape index (κ2) is 6.18. The number of rotatable bonds is 5. The minimum Gasteiger partial charge on any atom is -0.496 e. The number of para-hydroxylation sites is 1. The lowest BCUT2D eigenvalue weighted by atomic mass is 10.0. The quantitative estimate of drug-likeness (QED) is 0.747. The first kappa shape index (κ1) is 13.4. The van der Waals surface area contributed by atoms with E-state index in [1.54, 1.807) is 6.07 Å². The van der Waals surface area contributed by atoms with Crippen LogP contribution in [0.1, 0.15) is 24.0 Å². The van der Waals surface area contributed by atoms with Gasteiger partial charge in [0, 0.05) is 6.42 Å². The third-order valence-electron chi connectivity index (χ3n) is 2.39. The zero-order chi connectivity index (χ0) is 12.8. The molecule has 1 aromatic rings. The molecule has 17 heavy (non-hydrogen) atoms. The molecule has 0 aliphatic rings. The summed E-state index contributed by atoms with van der Waals surface area (Å²) in [5.74, 6) is -0.235. The van der Waals surface area contributed by atoms with Crippen LogP contribution >= 0.6 is 0 Å². The molecular formula is C12H14F2O3. The fraction of sp³-hybridized carbons (Fsp3) is 0.417. The third kappa shape index (κ3) is 3.41. The molecule has 0 amide bonds. The lowest BCUT2D eigenvalue weighted by Gasteiger charge is -2.12. The topological polar surface area (TPSA) is 35.5 Å². The highest BCUT2D eigenvalue weighted by Gasteiger charge is 2.17. The molecule has 5 heteroatoms. The number of carbonyl (C=O) groups excluding carboxylic acids is 1. The van der Waals surface area contributed by atoms with Crippen molar-refractivity contribution < 1.29 is 23.0 Å². The van der Waals surface area contributed by atoms with E-state index in [0.29, 0.717) is 12.0 Å². The molecule has 0 saturated carbocycles. The Morgan fingerprint density at radius 1 is 1.35 bits per heavy atom. The molecule has 0 aliphatic carbocycles. The van der Waals surface area contributed by atoms with E-state index in [9.17, 15) is 13.6 Å². The Bertz CT molecular complexity index is 391. The second-order valence-electron chi connectivity index (χ2n) is 3.42. The van der Waals surface area contributed by atoms with E-state index >= 15 is 0 Å². The molecule has 0 radical (unpaired) electrons. The summed E-state index contributed by atoms with van der Waals surface area (Å²) in [5, 5.41) is 0. The van der Waals surface area contributed by atoms with Gasteiger partial charge in [0.15, 0.2) is 0 Å². The average Bonchev–Trinajstić information content (AvgIpc) is 2.34. The summed E-state index contributed by atoms with van der Waals surface area (Å²) in [6.07, 6.45) is -2.14. The van der Waals surface area contributed by atoms with Crippen LogP contribution in [-0.2, 0) is 16.0 Å². The van der Waals surface area contributed by atoms with Crippen LogP contribution in [0.25, 0.3) is 0 Å². The largest absolute Gasteiger partial charge is 0.496 e. The number of methoxy groups -OCH3 is 2. The van der Waals surface area contributed by atoms with Crippen LogP contribution in [0.3, 0.4) is 0 Å². The predicted molar refractivity (Wildman–Crippen MR) is 58.3 cm³/mol. The maximum atomic E-state index is 12.7. The van der Waals surface area contributed by atoms with E-state index in [0.717, 1.165) is 0 Å². The van der Waals surface area contributed by atoms with Gasteiger partial charge in [-0.15, -0.1) is 0 Å².